The van der Waals surface area contributed by atoms with Crippen molar-refractivity contribution >= 4 is 34.6 Å². The first-order chi connectivity index (χ1) is 12.4. The van der Waals surface area contributed by atoms with E-state index in [1.807, 2.05) is 4.90 Å². The van der Waals surface area contributed by atoms with E-state index in [1.165, 1.54) is 24.3 Å². The molecule has 0 saturated carbocycles. The monoisotopic (exact) mass is 399 g/mol. The molecule has 0 atom stereocenters. The van der Waals surface area contributed by atoms with E-state index >= 15 is 0 Å². The Bertz CT molecular complexity index is 810. The first kappa shape index (κ1) is 18.9. The Morgan fingerprint density at radius 3 is 2.31 bits per heavy atom. The van der Waals surface area contributed by atoms with E-state index in [0.29, 0.717) is 29.8 Å². The fraction of sp³-hybridized carbons (Fsp3) is 0.278. The molecule has 138 valence electrons. The summed E-state index contributed by atoms with van der Waals surface area (Å²) in [6.07, 6.45) is 0. The third kappa shape index (κ3) is 4.66. The van der Waals surface area contributed by atoms with E-state index in [1.54, 1.807) is 6.07 Å². The van der Waals surface area contributed by atoms with E-state index in [9.17, 15) is 13.2 Å². The van der Waals surface area contributed by atoms with Crippen molar-refractivity contribution in [3.8, 4) is 0 Å². The zero-order valence-corrected chi connectivity index (χ0v) is 15.4. The van der Waals surface area contributed by atoms with E-state index < -0.39 is 11.6 Å². The summed E-state index contributed by atoms with van der Waals surface area (Å²) in [6.45, 7) is 3.42. The summed E-state index contributed by atoms with van der Waals surface area (Å²) in [6, 6.07) is 7.71. The zero-order valence-electron chi connectivity index (χ0n) is 13.8. The molecule has 2 aromatic carbocycles. The number of nitrogens with one attached hydrogen (secondary N) is 1. The van der Waals surface area contributed by atoms with Crippen LogP contribution in [0.5, 0.6) is 0 Å². The van der Waals surface area contributed by atoms with Crippen LogP contribution in [0.15, 0.2) is 36.4 Å². The van der Waals surface area contributed by atoms with Crippen molar-refractivity contribution < 1.29 is 13.2 Å². The Balaban J connectivity index is 1.53. The number of anilines is 1. The summed E-state index contributed by atoms with van der Waals surface area (Å²) in [4.78, 5) is 4.12. The molecule has 0 aliphatic carbocycles. The number of rotatable bonds is 3. The van der Waals surface area contributed by atoms with Gasteiger partial charge in [0, 0.05) is 43.8 Å². The molecule has 0 spiro atoms. The van der Waals surface area contributed by atoms with Crippen LogP contribution in [0.4, 0.5) is 18.9 Å². The highest BCUT2D eigenvalue weighted by Gasteiger charge is 2.20. The SMILES string of the molecule is Fc1ccc(NC(=S)N2CCN(Cc3ccc(F)cc3Cl)CC2)c(F)c1. The second-order valence-electron chi connectivity index (χ2n) is 6.05. The molecule has 3 rings (SSSR count). The van der Waals surface area contributed by atoms with E-state index in [2.05, 4.69) is 10.2 Å². The summed E-state index contributed by atoms with van der Waals surface area (Å²) in [5.74, 6) is -1.67. The molecule has 2 aromatic rings. The Morgan fingerprint density at radius 2 is 1.65 bits per heavy atom. The molecule has 0 aromatic heterocycles. The molecule has 1 fully saturated rings. The molecule has 1 saturated heterocycles. The summed E-state index contributed by atoms with van der Waals surface area (Å²) >= 11 is 11.4. The van der Waals surface area contributed by atoms with Gasteiger partial charge < -0.3 is 10.2 Å². The summed E-state index contributed by atoms with van der Waals surface area (Å²) < 4.78 is 39.8. The number of hydrogen-bond acceptors (Lipinski definition) is 2. The predicted octanol–water partition coefficient (Wildman–Crippen LogP) is 4.27. The first-order valence-corrected chi connectivity index (χ1v) is 8.88. The van der Waals surface area contributed by atoms with Gasteiger partial charge in [-0.05, 0) is 42.0 Å². The number of hydrogen-bond donors (Lipinski definition) is 1. The maximum atomic E-state index is 13.7. The smallest absolute Gasteiger partial charge is 0.173 e. The lowest BCUT2D eigenvalue weighted by atomic mass is 10.2. The molecule has 8 heteroatoms. The third-order valence-corrected chi connectivity index (χ3v) is 4.95. The molecule has 3 nitrogen and oxygen atoms in total. The van der Waals surface area contributed by atoms with Gasteiger partial charge in [0.15, 0.2) is 5.11 Å². The van der Waals surface area contributed by atoms with Gasteiger partial charge in [-0.15, -0.1) is 0 Å². The van der Waals surface area contributed by atoms with Crippen molar-refractivity contribution in [2.24, 2.45) is 0 Å². The Kier molecular flexibility index (Phi) is 6.01. The summed E-state index contributed by atoms with van der Waals surface area (Å²) in [5, 5.41) is 3.63. The fourth-order valence-corrected chi connectivity index (χ4v) is 3.30. The van der Waals surface area contributed by atoms with Crippen molar-refractivity contribution in [1.29, 1.82) is 0 Å². The van der Waals surface area contributed by atoms with Crippen molar-refractivity contribution in [2.45, 2.75) is 6.54 Å². The maximum Gasteiger partial charge on any atom is 0.173 e. The lowest BCUT2D eigenvalue weighted by Gasteiger charge is -2.36. The first-order valence-electron chi connectivity index (χ1n) is 8.09. The summed E-state index contributed by atoms with van der Waals surface area (Å²) in [7, 11) is 0. The van der Waals surface area contributed by atoms with Crippen LogP contribution in [0.1, 0.15) is 5.56 Å². The van der Waals surface area contributed by atoms with Crippen molar-refractivity contribution in [1.82, 2.24) is 9.80 Å². The minimum absolute atomic E-state index is 0.150. The fourth-order valence-electron chi connectivity index (χ4n) is 2.79. The normalized spacial score (nSPS) is 15.2. The highest BCUT2D eigenvalue weighted by Crippen LogP contribution is 2.20. The second-order valence-corrected chi connectivity index (χ2v) is 6.85. The van der Waals surface area contributed by atoms with E-state index in [0.717, 1.165) is 24.7 Å². The highest BCUT2D eigenvalue weighted by molar-refractivity contribution is 7.80. The average Bonchev–Trinajstić information content (AvgIpc) is 2.60. The van der Waals surface area contributed by atoms with Gasteiger partial charge in [0.2, 0.25) is 0 Å². The second kappa shape index (κ2) is 8.24. The molecule has 1 aliphatic heterocycles. The molecule has 0 bridgehead atoms. The van der Waals surface area contributed by atoms with Gasteiger partial charge in [-0.3, -0.25) is 4.90 Å². The van der Waals surface area contributed by atoms with Gasteiger partial charge in [0.05, 0.1) is 5.69 Å². The Labute approximate surface area is 160 Å². The van der Waals surface area contributed by atoms with Gasteiger partial charge in [0.1, 0.15) is 17.5 Å². The van der Waals surface area contributed by atoms with Gasteiger partial charge in [-0.1, -0.05) is 17.7 Å². The highest BCUT2D eigenvalue weighted by atomic mass is 35.5. The molecule has 26 heavy (non-hydrogen) atoms. The van der Waals surface area contributed by atoms with Crippen molar-refractivity contribution in [2.75, 3.05) is 31.5 Å². The minimum atomic E-state index is -0.683. The van der Waals surface area contributed by atoms with Crippen LogP contribution in [0.2, 0.25) is 5.02 Å². The number of benzene rings is 2. The van der Waals surface area contributed by atoms with Gasteiger partial charge >= 0.3 is 0 Å². The number of thiocarbonyl (C=S) groups is 1. The van der Waals surface area contributed by atoms with Crippen LogP contribution in [-0.2, 0) is 6.54 Å². The molecular formula is C18H17ClF3N3S. The number of piperazine rings is 1. The van der Waals surface area contributed by atoms with E-state index in [4.69, 9.17) is 23.8 Å². The maximum absolute atomic E-state index is 13.7. The summed E-state index contributed by atoms with van der Waals surface area (Å²) in [5.41, 5.74) is 1.02. The average molecular weight is 400 g/mol. The lowest BCUT2D eigenvalue weighted by molar-refractivity contribution is 0.177. The van der Waals surface area contributed by atoms with Crippen LogP contribution < -0.4 is 5.32 Å². The molecule has 1 aliphatic rings. The molecule has 0 radical (unpaired) electrons. The molecule has 1 heterocycles. The zero-order chi connectivity index (χ0) is 18.7. The van der Waals surface area contributed by atoms with E-state index in [-0.39, 0.29) is 11.5 Å². The van der Waals surface area contributed by atoms with Crippen LogP contribution in [0.25, 0.3) is 0 Å². The lowest BCUT2D eigenvalue weighted by Crippen LogP contribution is -2.49. The molecule has 0 amide bonds. The molecular weight excluding hydrogens is 383 g/mol. The topological polar surface area (TPSA) is 18.5 Å². The van der Waals surface area contributed by atoms with Crippen LogP contribution in [0, 0.1) is 17.5 Å². The van der Waals surface area contributed by atoms with Crippen LogP contribution >= 0.6 is 23.8 Å². The van der Waals surface area contributed by atoms with Gasteiger partial charge in [0.25, 0.3) is 0 Å². The van der Waals surface area contributed by atoms with Crippen molar-refractivity contribution in [3.05, 3.63) is 64.4 Å². The standard InChI is InChI=1S/C18H17ClF3N3S/c19-15-9-13(20)2-1-12(15)11-24-5-7-25(8-6-24)18(26)23-17-4-3-14(21)10-16(17)22/h1-4,9-10H,5-8,11H2,(H,23,26). The quantitative estimate of drug-likeness (QED) is 0.776. The van der Waals surface area contributed by atoms with Crippen LogP contribution in [0.3, 0.4) is 0 Å². The number of halogens is 4. The third-order valence-electron chi connectivity index (χ3n) is 4.24. The Morgan fingerprint density at radius 1 is 1.00 bits per heavy atom. The van der Waals surface area contributed by atoms with Crippen LogP contribution in [-0.4, -0.2) is 41.1 Å². The van der Waals surface area contributed by atoms with Gasteiger partial charge in [-0.25, -0.2) is 13.2 Å². The predicted molar refractivity (Wildman–Crippen MR) is 101 cm³/mol. The Hall–Kier alpha value is -1.83. The van der Waals surface area contributed by atoms with Gasteiger partial charge in [-0.2, -0.15) is 0 Å². The number of nitrogens with zero attached hydrogens (tertiary/aromatic N) is 2. The minimum Gasteiger partial charge on any atom is -0.346 e. The molecule has 0 unspecified atom stereocenters. The largest absolute Gasteiger partial charge is 0.346 e. The van der Waals surface area contributed by atoms with Crippen molar-refractivity contribution in [3.63, 3.8) is 0 Å². The molecule has 1 N–H and O–H groups in total.